The standard InChI is InChI=1S/C20H18N6O4S/c27-17(21-23-19(28)14-5-4-8-16(11-14)26(29)30)12-31-20-24-22-18(13-9-10-13)25(20)15-6-2-1-3-7-15/h1-8,11,13H,9-10,12H2,(H,21,27)(H,23,28). The van der Waals surface area contributed by atoms with Gasteiger partial charge in [-0.05, 0) is 31.0 Å². The van der Waals surface area contributed by atoms with Gasteiger partial charge in [0.1, 0.15) is 5.82 Å². The van der Waals surface area contributed by atoms with E-state index in [1.54, 1.807) is 0 Å². The quantitative estimate of drug-likeness (QED) is 0.329. The number of carbonyl (C=O) groups excluding carboxylic acids is 2. The highest BCUT2D eigenvalue weighted by Crippen LogP contribution is 2.41. The maximum absolute atomic E-state index is 12.2. The van der Waals surface area contributed by atoms with E-state index in [1.807, 2.05) is 34.9 Å². The number of nitro groups is 1. The molecule has 1 aliphatic rings. The topological polar surface area (TPSA) is 132 Å². The van der Waals surface area contributed by atoms with Crippen molar-refractivity contribution in [2.75, 3.05) is 5.75 Å². The van der Waals surface area contributed by atoms with E-state index >= 15 is 0 Å². The van der Waals surface area contributed by atoms with Gasteiger partial charge in [0.15, 0.2) is 5.16 Å². The zero-order valence-corrected chi connectivity index (χ0v) is 17.0. The van der Waals surface area contributed by atoms with Gasteiger partial charge in [-0.2, -0.15) is 0 Å². The summed E-state index contributed by atoms with van der Waals surface area (Å²) >= 11 is 1.21. The lowest BCUT2D eigenvalue weighted by atomic mass is 10.2. The molecule has 2 amide bonds. The third-order valence-corrected chi connectivity index (χ3v) is 5.51. The fourth-order valence-electron chi connectivity index (χ4n) is 2.93. The number of nitrogens with one attached hydrogen (secondary N) is 2. The molecule has 1 saturated carbocycles. The molecule has 0 radical (unpaired) electrons. The van der Waals surface area contributed by atoms with Crippen LogP contribution in [0, 0.1) is 10.1 Å². The molecule has 1 heterocycles. The first kappa shape index (κ1) is 20.5. The molecular weight excluding hydrogens is 420 g/mol. The summed E-state index contributed by atoms with van der Waals surface area (Å²) in [7, 11) is 0. The maximum Gasteiger partial charge on any atom is 0.270 e. The first-order chi connectivity index (χ1) is 15.0. The molecule has 11 heteroatoms. The summed E-state index contributed by atoms with van der Waals surface area (Å²) in [6, 6.07) is 14.9. The number of amides is 2. The Hall–Kier alpha value is -3.73. The summed E-state index contributed by atoms with van der Waals surface area (Å²) in [5.74, 6) is 0.174. The predicted octanol–water partition coefficient (Wildman–Crippen LogP) is 2.61. The Labute approximate surface area is 181 Å². The number of hydrogen-bond donors (Lipinski definition) is 2. The Balaban J connectivity index is 1.37. The number of hydrogen-bond acceptors (Lipinski definition) is 7. The number of para-hydroxylation sites is 1. The van der Waals surface area contributed by atoms with Crippen molar-refractivity contribution in [1.82, 2.24) is 25.6 Å². The van der Waals surface area contributed by atoms with Crippen LogP contribution in [0.1, 0.15) is 34.9 Å². The lowest BCUT2D eigenvalue weighted by Crippen LogP contribution is -2.42. The van der Waals surface area contributed by atoms with Gasteiger partial charge in [-0.25, -0.2) is 0 Å². The number of non-ortho nitro benzene ring substituents is 1. The van der Waals surface area contributed by atoms with Crippen molar-refractivity contribution in [3.05, 3.63) is 76.1 Å². The van der Waals surface area contributed by atoms with Crippen LogP contribution < -0.4 is 10.9 Å². The Kier molecular flexibility index (Phi) is 5.94. The highest BCUT2D eigenvalue weighted by atomic mass is 32.2. The van der Waals surface area contributed by atoms with Gasteiger partial charge in [0.25, 0.3) is 11.6 Å². The monoisotopic (exact) mass is 438 g/mol. The summed E-state index contributed by atoms with van der Waals surface area (Å²) in [5, 5.41) is 20.0. The van der Waals surface area contributed by atoms with E-state index in [9.17, 15) is 19.7 Å². The minimum absolute atomic E-state index is 0.00481. The predicted molar refractivity (Wildman–Crippen MR) is 113 cm³/mol. The molecule has 4 rings (SSSR count). The van der Waals surface area contributed by atoms with Crippen LogP contribution in [0.4, 0.5) is 5.69 Å². The van der Waals surface area contributed by atoms with Crippen molar-refractivity contribution in [3.8, 4) is 5.69 Å². The van der Waals surface area contributed by atoms with Gasteiger partial charge in [0.2, 0.25) is 5.91 Å². The molecule has 1 aromatic heterocycles. The van der Waals surface area contributed by atoms with Crippen LogP contribution in [-0.2, 0) is 4.79 Å². The van der Waals surface area contributed by atoms with Crippen LogP contribution in [0.2, 0.25) is 0 Å². The Morgan fingerprint density at radius 2 is 1.87 bits per heavy atom. The first-order valence-electron chi connectivity index (χ1n) is 9.50. The van der Waals surface area contributed by atoms with Crippen molar-refractivity contribution in [2.45, 2.75) is 23.9 Å². The summed E-state index contributed by atoms with van der Waals surface area (Å²) in [5.41, 5.74) is 5.37. The van der Waals surface area contributed by atoms with Gasteiger partial charge < -0.3 is 0 Å². The van der Waals surface area contributed by atoms with Crippen LogP contribution in [0.3, 0.4) is 0 Å². The van der Waals surface area contributed by atoms with Gasteiger partial charge in [-0.3, -0.25) is 35.1 Å². The second-order valence-corrected chi connectivity index (χ2v) is 7.83. The number of nitro benzene ring substituents is 1. The average Bonchev–Trinajstić information content (AvgIpc) is 3.55. The second kappa shape index (κ2) is 8.96. The molecule has 0 unspecified atom stereocenters. The fraction of sp³-hybridized carbons (Fsp3) is 0.200. The molecule has 2 N–H and O–H groups in total. The second-order valence-electron chi connectivity index (χ2n) is 6.88. The van der Waals surface area contributed by atoms with Gasteiger partial charge in [0, 0.05) is 29.3 Å². The van der Waals surface area contributed by atoms with E-state index in [1.165, 1.54) is 30.0 Å². The largest absolute Gasteiger partial charge is 0.274 e. The van der Waals surface area contributed by atoms with E-state index in [0.717, 1.165) is 30.4 Å². The third kappa shape index (κ3) is 4.89. The van der Waals surface area contributed by atoms with E-state index in [2.05, 4.69) is 21.0 Å². The SMILES string of the molecule is O=C(CSc1nnc(C2CC2)n1-c1ccccc1)NNC(=O)c1cccc([N+](=O)[O-])c1. The summed E-state index contributed by atoms with van der Waals surface area (Å²) < 4.78 is 1.96. The molecule has 0 atom stereocenters. The number of rotatable bonds is 7. The molecule has 0 saturated heterocycles. The molecule has 158 valence electrons. The summed E-state index contributed by atoms with van der Waals surface area (Å²) in [6.45, 7) is 0. The molecule has 31 heavy (non-hydrogen) atoms. The van der Waals surface area contributed by atoms with Crippen molar-refractivity contribution in [1.29, 1.82) is 0 Å². The molecule has 10 nitrogen and oxygen atoms in total. The third-order valence-electron chi connectivity index (χ3n) is 4.58. The molecule has 0 spiro atoms. The number of benzene rings is 2. The van der Waals surface area contributed by atoms with Gasteiger partial charge in [-0.1, -0.05) is 36.0 Å². The van der Waals surface area contributed by atoms with E-state index in [0.29, 0.717) is 11.1 Å². The highest BCUT2D eigenvalue weighted by molar-refractivity contribution is 7.99. The van der Waals surface area contributed by atoms with Gasteiger partial charge in [-0.15, -0.1) is 10.2 Å². The Bertz CT molecular complexity index is 1130. The molecule has 0 aliphatic heterocycles. The molecule has 3 aromatic rings. The van der Waals surface area contributed by atoms with Gasteiger partial charge >= 0.3 is 0 Å². The minimum Gasteiger partial charge on any atom is -0.274 e. The molecule has 0 bridgehead atoms. The molecular formula is C20H18N6O4S. The minimum atomic E-state index is -0.648. The van der Waals surface area contributed by atoms with Crippen LogP contribution >= 0.6 is 11.8 Å². The van der Waals surface area contributed by atoms with Crippen LogP contribution in [0.5, 0.6) is 0 Å². The first-order valence-corrected chi connectivity index (χ1v) is 10.5. The average molecular weight is 438 g/mol. The van der Waals surface area contributed by atoms with Crippen molar-refractivity contribution < 1.29 is 14.5 Å². The summed E-state index contributed by atoms with van der Waals surface area (Å²) in [4.78, 5) is 34.6. The molecule has 1 aliphatic carbocycles. The van der Waals surface area contributed by atoms with Gasteiger partial charge in [0.05, 0.1) is 10.7 Å². The normalized spacial score (nSPS) is 12.9. The Morgan fingerprint density at radius 1 is 1.10 bits per heavy atom. The zero-order valence-electron chi connectivity index (χ0n) is 16.2. The van der Waals surface area contributed by atoms with Crippen molar-refractivity contribution >= 4 is 29.3 Å². The number of nitrogens with zero attached hydrogens (tertiary/aromatic N) is 4. The fourth-order valence-corrected chi connectivity index (χ4v) is 3.68. The van der Waals surface area contributed by atoms with E-state index in [-0.39, 0.29) is 17.0 Å². The highest BCUT2D eigenvalue weighted by Gasteiger charge is 2.31. The lowest BCUT2D eigenvalue weighted by Gasteiger charge is -2.10. The lowest BCUT2D eigenvalue weighted by molar-refractivity contribution is -0.384. The van der Waals surface area contributed by atoms with Crippen LogP contribution in [-0.4, -0.2) is 37.3 Å². The van der Waals surface area contributed by atoms with Crippen LogP contribution in [0.15, 0.2) is 59.8 Å². The number of hydrazine groups is 1. The molecule has 2 aromatic carbocycles. The Morgan fingerprint density at radius 3 is 2.58 bits per heavy atom. The van der Waals surface area contributed by atoms with Crippen molar-refractivity contribution in [2.24, 2.45) is 0 Å². The number of aromatic nitrogens is 3. The zero-order chi connectivity index (χ0) is 21.8. The number of thioether (sulfide) groups is 1. The number of carbonyl (C=O) groups is 2. The van der Waals surface area contributed by atoms with E-state index in [4.69, 9.17) is 0 Å². The van der Waals surface area contributed by atoms with E-state index < -0.39 is 16.7 Å². The maximum atomic E-state index is 12.2. The summed E-state index contributed by atoms with van der Waals surface area (Å²) in [6.07, 6.45) is 2.14. The van der Waals surface area contributed by atoms with Crippen LogP contribution in [0.25, 0.3) is 5.69 Å². The van der Waals surface area contributed by atoms with Crippen molar-refractivity contribution in [3.63, 3.8) is 0 Å². The smallest absolute Gasteiger partial charge is 0.270 e. The molecule has 1 fully saturated rings.